The third-order valence-electron chi connectivity index (χ3n) is 4.79. The van der Waals surface area contributed by atoms with Crippen LogP contribution in [0.15, 0.2) is 29.3 Å². The van der Waals surface area contributed by atoms with Gasteiger partial charge in [-0.15, -0.1) is 11.8 Å². The molecule has 2 amide bonds. The van der Waals surface area contributed by atoms with Gasteiger partial charge in [0, 0.05) is 35.0 Å². The highest BCUT2D eigenvalue weighted by molar-refractivity contribution is 7.99. The summed E-state index contributed by atoms with van der Waals surface area (Å²) in [6, 6.07) is 4.37. The number of aryl methyl sites for hydroxylation is 1. The Morgan fingerprint density at radius 3 is 2.96 bits per heavy atom. The second-order valence-electron chi connectivity index (χ2n) is 6.72. The van der Waals surface area contributed by atoms with E-state index in [1.807, 2.05) is 13.8 Å². The SMILES string of the molecule is COc1c(C)cnc(CN(C)C(=O)NC2CCSc3ccc(F)cc32)c1C. The number of pyridine rings is 1. The molecule has 1 aromatic carbocycles. The number of nitrogens with one attached hydrogen (secondary N) is 1. The van der Waals surface area contributed by atoms with Crippen molar-refractivity contribution >= 4 is 17.8 Å². The van der Waals surface area contributed by atoms with Crippen molar-refractivity contribution in [2.75, 3.05) is 19.9 Å². The van der Waals surface area contributed by atoms with Crippen LogP contribution in [0.5, 0.6) is 5.75 Å². The number of aromatic nitrogens is 1. The number of hydrogen-bond acceptors (Lipinski definition) is 4. The number of methoxy groups -OCH3 is 1. The summed E-state index contributed by atoms with van der Waals surface area (Å²) in [7, 11) is 3.36. The van der Waals surface area contributed by atoms with E-state index >= 15 is 0 Å². The van der Waals surface area contributed by atoms with E-state index in [0.717, 1.165) is 45.2 Å². The van der Waals surface area contributed by atoms with Crippen LogP contribution in [0.4, 0.5) is 9.18 Å². The number of halogens is 1. The first kappa shape index (κ1) is 19.5. The van der Waals surface area contributed by atoms with Gasteiger partial charge in [-0.2, -0.15) is 0 Å². The van der Waals surface area contributed by atoms with Crippen LogP contribution in [-0.2, 0) is 6.54 Å². The number of thioether (sulfide) groups is 1. The number of nitrogens with zero attached hydrogens (tertiary/aromatic N) is 2. The average Bonchev–Trinajstić information content (AvgIpc) is 2.65. The highest BCUT2D eigenvalue weighted by Crippen LogP contribution is 2.36. The van der Waals surface area contributed by atoms with Gasteiger partial charge in [-0.3, -0.25) is 4.98 Å². The normalized spacial score (nSPS) is 15.8. The lowest BCUT2D eigenvalue weighted by molar-refractivity contribution is 0.201. The molecule has 7 heteroatoms. The Balaban J connectivity index is 1.72. The Kier molecular flexibility index (Phi) is 5.89. The maximum atomic E-state index is 13.6. The van der Waals surface area contributed by atoms with Crippen molar-refractivity contribution in [3.63, 3.8) is 0 Å². The van der Waals surface area contributed by atoms with Crippen LogP contribution in [0.3, 0.4) is 0 Å². The van der Waals surface area contributed by atoms with E-state index in [1.165, 1.54) is 12.1 Å². The summed E-state index contributed by atoms with van der Waals surface area (Å²) in [4.78, 5) is 19.8. The summed E-state index contributed by atoms with van der Waals surface area (Å²) in [5.74, 6) is 1.40. The Morgan fingerprint density at radius 2 is 2.22 bits per heavy atom. The second kappa shape index (κ2) is 8.17. The van der Waals surface area contributed by atoms with Crippen LogP contribution < -0.4 is 10.1 Å². The van der Waals surface area contributed by atoms with Gasteiger partial charge in [0.05, 0.1) is 25.4 Å². The molecule has 27 heavy (non-hydrogen) atoms. The third kappa shape index (κ3) is 4.18. The molecule has 1 aromatic heterocycles. The lowest BCUT2D eigenvalue weighted by Crippen LogP contribution is -2.40. The predicted octanol–water partition coefficient (Wildman–Crippen LogP) is 4.22. The average molecular weight is 389 g/mol. The zero-order valence-electron chi connectivity index (χ0n) is 16.0. The molecule has 0 aliphatic carbocycles. The number of urea groups is 1. The van der Waals surface area contributed by atoms with Crippen LogP contribution >= 0.6 is 11.8 Å². The van der Waals surface area contributed by atoms with E-state index in [4.69, 9.17) is 4.74 Å². The molecule has 5 nitrogen and oxygen atoms in total. The maximum absolute atomic E-state index is 13.6. The van der Waals surface area contributed by atoms with E-state index in [0.29, 0.717) is 6.54 Å². The van der Waals surface area contributed by atoms with E-state index in [-0.39, 0.29) is 17.9 Å². The molecule has 144 valence electrons. The summed E-state index contributed by atoms with van der Waals surface area (Å²) in [5.41, 5.74) is 3.53. The van der Waals surface area contributed by atoms with Crippen molar-refractivity contribution in [3.05, 3.63) is 52.6 Å². The van der Waals surface area contributed by atoms with Crippen molar-refractivity contribution in [3.8, 4) is 5.75 Å². The molecule has 1 unspecified atom stereocenters. The number of amides is 2. The monoisotopic (exact) mass is 389 g/mol. The second-order valence-corrected chi connectivity index (χ2v) is 7.86. The smallest absolute Gasteiger partial charge is 0.317 e. The summed E-state index contributed by atoms with van der Waals surface area (Å²) in [6.45, 7) is 4.25. The molecule has 2 heterocycles. The van der Waals surface area contributed by atoms with Crippen LogP contribution in [0.1, 0.15) is 34.8 Å². The zero-order valence-corrected chi connectivity index (χ0v) is 16.8. The van der Waals surface area contributed by atoms with Gasteiger partial charge in [-0.25, -0.2) is 9.18 Å². The summed E-state index contributed by atoms with van der Waals surface area (Å²) in [6.07, 6.45) is 2.53. The molecular weight excluding hydrogens is 365 g/mol. The highest BCUT2D eigenvalue weighted by atomic mass is 32.2. The van der Waals surface area contributed by atoms with Gasteiger partial charge < -0.3 is 15.0 Å². The number of hydrogen-bond donors (Lipinski definition) is 1. The minimum atomic E-state index is -0.282. The number of ether oxygens (including phenoxy) is 1. The van der Waals surface area contributed by atoms with E-state index in [2.05, 4.69) is 10.3 Å². The van der Waals surface area contributed by atoms with Gasteiger partial charge in [-0.05, 0) is 44.0 Å². The molecule has 3 rings (SSSR count). The van der Waals surface area contributed by atoms with Gasteiger partial charge in [0.25, 0.3) is 0 Å². The first-order chi connectivity index (χ1) is 12.9. The Hall–Kier alpha value is -2.28. The zero-order chi connectivity index (χ0) is 19.6. The lowest BCUT2D eigenvalue weighted by Gasteiger charge is -2.28. The molecule has 0 bridgehead atoms. The largest absolute Gasteiger partial charge is 0.496 e. The molecular formula is C20H24FN3O2S. The van der Waals surface area contributed by atoms with E-state index < -0.39 is 0 Å². The van der Waals surface area contributed by atoms with E-state index in [9.17, 15) is 9.18 Å². The van der Waals surface area contributed by atoms with Crippen molar-refractivity contribution in [2.45, 2.75) is 37.8 Å². The fraction of sp³-hybridized carbons (Fsp3) is 0.400. The summed E-state index contributed by atoms with van der Waals surface area (Å²) in [5, 5.41) is 3.03. The Bertz CT molecular complexity index is 859. The van der Waals surface area contributed by atoms with E-state index in [1.54, 1.807) is 43.1 Å². The van der Waals surface area contributed by atoms with Gasteiger partial charge in [0.2, 0.25) is 0 Å². The number of carbonyl (C=O) groups is 1. The summed E-state index contributed by atoms with van der Waals surface area (Å²) < 4.78 is 19.1. The lowest BCUT2D eigenvalue weighted by atomic mass is 10.0. The van der Waals surface area contributed by atoms with Crippen LogP contribution in [0.25, 0.3) is 0 Å². The fourth-order valence-corrected chi connectivity index (χ4v) is 4.41. The van der Waals surface area contributed by atoms with Gasteiger partial charge >= 0.3 is 6.03 Å². The number of fused-ring (bicyclic) bond motifs is 1. The minimum absolute atomic E-state index is 0.187. The molecule has 0 fully saturated rings. The quantitative estimate of drug-likeness (QED) is 0.850. The topological polar surface area (TPSA) is 54.5 Å². The van der Waals surface area contributed by atoms with Crippen molar-refractivity contribution in [1.82, 2.24) is 15.2 Å². The van der Waals surface area contributed by atoms with Crippen molar-refractivity contribution in [2.24, 2.45) is 0 Å². The first-order valence-electron chi connectivity index (χ1n) is 8.83. The van der Waals surface area contributed by atoms with Crippen molar-refractivity contribution < 1.29 is 13.9 Å². The third-order valence-corrected chi connectivity index (χ3v) is 5.92. The van der Waals surface area contributed by atoms with Crippen molar-refractivity contribution in [1.29, 1.82) is 0 Å². The molecule has 1 atom stereocenters. The Morgan fingerprint density at radius 1 is 1.44 bits per heavy atom. The molecule has 0 radical (unpaired) electrons. The van der Waals surface area contributed by atoms with Gasteiger partial charge in [0.1, 0.15) is 11.6 Å². The number of carbonyl (C=O) groups excluding carboxylic acids is 1. The molecule has 1 aliphatic rings. The van der Waals surface area contributed by atoms with Crippen LogP contribution in [0.2, 0.25) is 0 Å². The molecule has 0 saturated heterocycles. The van der Waals surface area contributed by atoms with Crippen LogP contribution in [0, 0.1) is 19.7 Å². The molecule has 1 aliphatic heterocycles. The highest BCUT2D eigenvalue weighted by Gasteiger charge is 2.24. The predicted molar refractivity (Wildman–Crippen MR) is 105 cm³/mol. The number of rotatable bonds is 4. The molecule has 0 saturated carbocycles. The van der Waals surface area contributed by atoms with Gasteiger partial charge in [-0.1, -0.05) is 0 Å². The maximum Gasteiger partial charge on any atom is 0.317 e. The Labute approximate surface area is 163 Å². The standard InChI is InChI=1S/C20H24FN3O2S/c1-12-10-22-17(13(2)19(12)26-4)11-24(3)20(25)23-16-7-8-27-18-6-5-14(21)9-15(16)18/h5-6,9-10,16H,7-8,11H2,1-4H3,(H,23,25). The fourth-order valence-electron chi connectivity index (χ4n) is 3.30. The van der Waals surface area contributed by atoms with Crippen LogP contribution in [-0.4, -0.2) is 35.8 Å². The molecule has 1 N–H and O–H groups in total. The summed E-state index contributed by atoms with van der Waals surface area (Å²) >= 11 is 1.69. The first-order valence-corrected chi connectivity index (χ1v) is 9.82. The molecule has 2 aromatic rings. The number of benzene rings is 1. The van der Waals surface area contributed by atoms with Gasteiger partial charge in [0.15, 0.2) is 0 Å². The molecule has 0 spiro atoms. The minimum Gasteiger partial charge on any atom is -0.496 e.